The number of imide groups is 3. The van der Waals surface area contributed by atoms with Crippen LogP contribution in [0.5, 0.6) is 0 Å². The Labute approximate surface area is 145 Å². The van der Waals surface area contributed by atoms with Gasteiger partial charge in [-0.05, 0) is 11.4 Å². The molecule has 0 aliphatic carbocycles. The number of ether oxygens (including phenoxy) is 1. The van der Waals surface area contributed by atoms with E-state index in [0.29, 0.717) is 0 Å². The quantitative estimate of drug-likeness (QED) is 0.497. The average Bonchev–Trinajstić information content (AvgIpc) is 2.94. The number of thiophene rings is 1. The second-order valence-electron chi connectivity index (χ2n) is 4.13. The number of hydrogen-bond acceptors (Lipinski definition) is 9. The molecule has 0 unspecified atom stereocenters. The van der Waals surface area contributed by atoms with Gasteiger partial charge in [0.25, 0.3) is 10.0 Å². The number of hydrogen-bond donors (Lipinski definition) is 4. The van der Waals surface area contributed by atoms with E-state index in [9.17, 15) is 32.4 Å². The van der Waals surface area contributed by atoms with Crippen molar-refractivity contribution in [2.24, 2.45) is 0 Å². The highest BCUT2D eigenvalue weighted by Crippen LogP contribution is 2.22. The summed E-state index contributed by atoms with van der Waals surface area (Å²) >= 11 is 0.775. The van der Waals surface area contributed by atoms with Crippen molar-refractivity contribution >= 4 is 51.3 Å². The van der Waals surface area contributed by atoms with Crippen molar-refractivity contribution in [3.63, 3.8) is 0 Å². The number of amides is 7. The van der Waals surface area contributed by atoms with Gasteiger partial charge in [-0.1, -0.05) is 0 Å². The third-order valence-electron chi connectivity index (χ3n) is 2.26. The third-order valence-corrected chi connectivity index (χ3v) is 4.66. The molecule has 0 saturated heterocycles. The molecule has 12 nitrogen and oxygen atoms in total. The van der Waals surface area contributed by atoms with E-state index < -0.39 is 44.9 Å². The SMILES string of the molecule is COC(=O)c1sccc1S(=O)(=O)NC(=O)NC(=O)NC(=O)NC(C)=O. The van der Waals surface area contributed by atoms with Crippen LogP contribution in [-0.2, 0) is 19.6 Å². The first-order chi connectivity index (χ1) is 11.6. The lowest BCUT2D eigenvalue weighted by molar-refractivity contribution is -0.117. The zero-order chi connectivity index (χ0) is 19.2. The maximum Gasteiger partial charge on any atom is 0.349 e. The van der Waals surface area contributed by atoms with Gasteiger partial charge in [0.15, 0.2) is 0 Å². The van der Waals surface area contributed by atoms with Crippen LogP contribution in [0.2, 0.25) is 0 Å². The normalized spacial score (nSPS) is 10.3. The molecule has 1 aromatic heterocycles. The summed E-state index contributed by atoms with van der Waals surface area (Å²) in [7, 11) is -3.43. The summed E-state index contributed by atoms with van der Waals surface area (Å²) in [4.78, 5) is 55.2. The summed E-state index contributed by atoms with van der Waals surface area (Å²) in [5.41, 5.74) is 0. The van der Waals surface area contributed by atoms with Crippen molar-refractivity contribution in [3.8, 4) is 0 Å². The molecule has 136 valence electrons. The van der Waals surface area contributed by atoms with E-state index in [-0.39, 0.29) is 4.88 Å². The first-order valence-electron chi connectivity index (χ1n) is 6.19. The first kappa shape index (κ1) is 20.0. The van der Waals surface area contributed by atoms with Crippen LogP contribution < -0.4 is 20.7 Å². The standard InChI is InChI=1S/C11H12N4O8S2/c1-5(16)12-9(18)13-10(19)14-11(20)15-25(21,22)6-3-4-24-7(6)8(17)23-2/h3-4H,1-2H3,(H4,12,13,14,15,16,18,19,20). The lowest BCUT2D eigenvalue weighted by atomic mass is 10.5. The lowest BCUT2D eigenvalue weighted by Crippen LogP contribution is -2.51. The summed E-state index contributed by atoms with van der Waals surface area (Å²) in [6, 6.07) is -3.03. The molecule has 14 heteroatoms. The van der Waals surface area contributed by atoms with Gasteiger partial charge >= 0.3 is 24.1 Å². The number of carbonyl (C=O) groups is 5. The van der Waals surface area contributed by atoms with E-state index in [4.69, 9.17) is 0 Å². The molecule has 0 radical (unpaired) electrons. The van der Waals surface area contributed by atoms with Crippen LogP contribution in [0.4, 0.5) is 14.4 Å². The molecule has 0 aromatic carbocycles. The minimum atomic E-state index is -4.48. The second kappa shape index (κ2) is 8.20. The number of rotatable bonds is 3. The van der Waals surface area contributed by atoms with Crippen LogP contribution >= 0.6 is 11.3 Å². The second-order valence-corrected chi connectivity index (χ2v) is 6.70. The molecule has 25 heavy (non-hydrogen) atoms. The molecule has 7 amide bonds. The topological polar surface area (TPSA) is 177 Å². The van der Waals surface area contributed by atoms with Gasteiger partial charge in [-0.15, -0.1) is 11.3 Å². The van der Waals surface area contributed by atoms with Crippen molar-refractivity contribution in [2.45, 2.75) is 11.8 Å². The molecule has 0 saturated carbocycles. The molecule has 4 N–H and O–H groups in total. The molecular weight excluding hydrogens is 380 g/mol. The van der Waals surface area contributed by atoms with Gasteiger partial charge in [-0.2, -0.15) is 0 Å². The van der Waals surface area contributed by atoms with Gasteiger partial charge in [0.05, 0.1) is 7.11 Å². The molecule has 0 aliphatic heterocycles. The molecule has 1 heterocycles. The van der Waals surface area contributed by atoms with Gasteiger partial charge < -0.3 is 4.74 Å². The first-order valence-corrected chi connectivity index (χ1v) is 8.55. The number of carbonyl (C=O) groups excluding carboxylic acids is 5. The summed E-state index contributed by atoms with van der Waals surface area (Å²) in [6.07, 6.45) is 0. The van der Waals surface area contributed by atoms with E-state index in [0.717, 1.165) is 31.4 Å². The van der Waals surface area contributed by atoms with E-state index >= 15 is 0 Å². The number of methoxy groups -OCH3 is 1. The average molecular weight is 392 g/mol. The molecule has 0 aliphatic rings. The van der Waals surface area contributed by atoms with Crippen molar-refractivity contribution in [1.29, 1.82) is 0 Å². The van der Waals surface area contributed by atoms with E-state index in [2.05, 4.69) is 4.74 Å². The number of urea groups is 3. The van der Waals surface area contributed by atoms with Crippen LogP contribution in [0.25, 0.3) is 0 Å². The zero-order valence-electron chi connectivity index (χ0n) is 12.7. The summed E-state index contributed by atoms with van der Waals surface area (Å²) in [6.45, 7) is 1.01. The molecule has 1 aromatic rings. The van der Waals surface area contributed by atoms with E-state index in [1.807, 2.05) is 0 Å². The summed E-state index contributed by atoms with van der Waals surface area (Å²) < 4.78 is 30.0. The Kier molecular flexibility index (Phi) is 6.58. The smallest absolute Gasteiger partial charge is 0.349 e. The van der Waals surface area contributed by atoms with Gasteiger partial charge in [-0.25, -0.2) is 32.3 Å². The maximum absolute atomic E-state index is 12.1. The Bertz CT molecular complexity index is 829. The minimum Gasteiger partial charge on any atom is -0.465 e. The molecule has 0 spiro atoms. The predicted octanol–water partition coefficient (Wildman–Crippen LogP) is -0.512. The van der Waals surface area contributed by atoms with E-state index in [1.165, 1.54) is 15.4 Å². The number of sulfonamides is 1. The summed E-state index contributed by atoms with van der Waals surface area (Å²) in [5, 5.41) is 6.04. The van der Waals surface area contributed by atoms with Crippen LogP contribution in [0, 0.1) is 0 Å². The van der Waals surface area contributed by atoms with Crippen LogP contribution in [0.3, 0.4) is 0 Å². The van der Waals surface area contributed by atoms with Gasteiger partial charge in [-0.3, -0.25) is 20.7 Å². The Hall–Kier alpha value is -3.00. The fourth-order valence-corrected chi connectivity index (χ4v) is 3.62. The molecular formula is C11H12N4O8S2. The highest BCUT2D eigenvalue weighted by Gasteiger charge is 2.27. The molecule has 0 fully saturated rings. The predicted molar refractivity (Wildman–Crippen MR) is 82.3 cm³/mol. The third kappa shape index (κ3) is 5.85. The Morgan fingerprint density at radius 1 is 1.00 bits per heavy atom. The van der Waals surface area contributed by atoms with Gasteiger partial charge in [0.1, 0.15) is 9.77 Å². The minimum absolute atomic E-state index is 0.270. The number of nitrogens with one attached hydrogen (secondary N) is 4. The monoisotopic (exact) mass is 392 g/mol. The van der Waals surface area contributed by atoms with Crippen molar-refractivity contribution in [3.05, 3.63) is 16.3 Å². The fraction of sp³-hybridized carbons (Fsp3) is 0.182. The van der Waals surface area contributed by atoms with Gasteiger partial charge in [0.2, 0.25) is 5.91 Å². The van der Waals surface area contributed by atoms with Crippen LogP contribution in [0.15, 0.2) is 16.3 Å². The maximum atomic E-state index is 12.1. The Balaban J connectivity index is 2.75. The van der Waals surface area contributed by atoms with Crippen molar-refractivity contribution in [2.75, 3.05) is 7.11 Å². The lowest BCUT2D eigenvalue weighted by Gasteiger charge is -2.08. The Morgan fingerprint density at radius 3 is 2.12 bits per heavy atom. The van der Waals surface area contributed by atoms with Gasteiger partial charge in [0, 0.05) is 6.92 Å². The van der Waals surface area contributed by atoms with Crippen molar-refractivity contribution in [1.82, 2.24) is 20.7 Å². The highest BCUT2D eigenvalue weighted by molar-refractivity contribution is 7.90. The van der Waals surface area contributed by atoms with Crippen molar-refractivity contribution < 1.29 is 37.1 Å². The molecule has 0 bridgehead atoms. The molecule has 0 atom stereocenters. The van der Waals surface area contributed by atoms with Crippen LogP contribution in [0.1, 0.15) is 16.6 Å². The Morgan fingerprint density at radius 2 is 1.56 bits per heavy atom. The molecule has 1 rings (SSSR count). The number of esters is 1. The van der Waals surface area contributed by atoms with E-state index in [1.54, 1.807) is 10.6 Å². The fourth-order valence-electron chi connectivity index (χ4n) is 1.38. The summed E-state index contributed by atoms with van der Waals surface area (Å²) in [5.74, 6) is -1.68. The highest BCUT2D eigenvalue weighted by atomic mass is 32.2. The zero-order valence-corrected chi connectivity index (χ0v) is 14.4. The largest absolute Gasteiger partial charge is 0.465 e. The van der Waals surface area contributed by atoms with Crippen LogP contribution in [-0.4, -0.2) is 45.5 Å².